The number of para-hydroxylation sites is 1. The third kappa shape index (κ3) is 7.80. The van der Waals surface area contributed by atoms with E-state index in [1.165, 1.54) is 19.3 Å². The van der Waals surface area contributed by atoms with E-state index in [9.17, 15) is 4.79 Å². The zero-order valence-corrected chi connectivity index (χ0v) is 18.0. The SMILES string of the molecule is CCNC(=NCc1ccccc1OC)NCC(=O)NC1CCCCC1.I. The molecule has 0 atom stereocenters. The number of ether oxygens (including phenoxy) is 1. The van der Waals surface area contributed by atoms with Crippen LogP contribution >= 0.6 is 24.0 Å². The van der Waals surface area contributed by atoms with Gasteiger partial charge in [-0.05, 0) is 25.8 Å². The fraction of sp³-hybridized carbons (Fsp3) is 0.579. The molecule has 0 heterocycles. The molecule has 2 rings (SSSR count). The van der Waals surface area contributed by atoms with Gasteiger partial charge in [0.15, 0.2) is 5.96 Å². The highest BCUT2D eigenvalue weighted by Crippen LogP contribution is 2.18. The number of methoxy groups -OCH3 is 1. The number of benzene rings is 1. The van der Waals surface area contributed by atoms with Crippen LogP contribution in [0.25, 0.3) is 0 Å². The van der Waals surface area contributed by atoms with Gasteiger partial charge in [-0.25, -0.2) is 4.99 Å². The molecule has 1 aliphatic carbocycles. The lowest BCUT2D eigenvalue weighted by molar-refractivity contribution is -0.120. The molecule has 0 aromatic heterocycles. The van der Waals surface area contributed by atoms with Crippen LogP contribution in [0.4, 0.5) is 0 Å². The van der Waals surface area contributed by atoms with Gasteiger partial charge in [-0.1, -0.05) is 37.5 Å². The minimum Gasteiger partial charge on any atom is -0.496 e. The van der Waals surface area contributed by atoms with Gasteiger partial charge in [0.1, 0.15) is 5.75 Å². The molecular formula is C19H31IN4O2. The van der Waals surface area contributed by atoms with Gasteiger partial charge in [0, 0.05) is 18.2 Å². The molecule has 0 saturated heterocycles. The second-order valence-corrected chi connectivity index (χ2v) is 6.26. The highest BCUT2D eigenvalue weighted by molar-refractivity contribution is 14.0. The van der Waals surface area contributed by atoms with Gasteiger partial charge in [-0.2, -0.15) is 0 Å². The van der Waals surface area contributed by atoms with Gasteiger partial charge in [-0.3, -0.25) is 4.79 Å². The van der Waals surface area contributed by atoms with Gasteiger partial charge in [0.2, 0.25) is 5.91 Å². The number of hydrogen-bond donors (Lipinski definition) is 3. The second-order valence-electron chi connectivity index (χ2n) is 6.26. The lowest BCUT2D eigenvalue weighted by Gasteiger charge is -2.23. The summed E-state index contributed by atoms with van der Waals surface area (Å²) in [7, 11) is 1.65. The molecule has 1 saturated carbocycles. The van der Waals surface area contributed by atoms with Crippen molar-refractivity contribution in [2.24, 2.45) is 4.99 Å². The van der Waals surface area contributed by atoms with Crippen LogP contribution < -0.4 is 20.7 Å². The van der Waals surface area contributed by atoms with Crippen molar-refractivity contribution in [2.75, 3.05) is 20.2 Å². The Balaban J connectivity index is 0.00000338. The third-order valence-electron chi connectivity index (χ3n) is 4.33. The first-order chi connectivity index (χ1) is 12.2. The van der Waals surface area contributed by atoms with Crippen molar-refractivity contribution in [3.8, 4) is 5.75 Å². The van der Waals surface area contributed by atoms with Gasteiger partial charge < -0.3 is 20.7 Å². The van der Waals surface area contributed by atoms with Crippen LogP contribution in [-0.2, 0) is 11.3 Å². The Hall–Kier alpha value is -1.51. The molecule has 0 unspecified atom stereocenters. The number of aliphatic imine (C=N–C) groups is 1. The van der Waals surface area contributed by atoms with Crippen LogP contribution in [0.5, 0.6) is 5.75 Å². The lowest BCUT2D eigenvalue weighted by atomic mass is 9.95. The van der Waals surface area contributed by atoms with Crippen molar-refractivity contribution in [3.63, 3.8) is 0 Å². The predicted molar refractivity (Wildman–Crippen MR) is 116 cm³/mol. The number of carbonyl (C=O) groups is 1. The van der Waals surface area contributed by atoms with Gasteiger partial charge in [0.05, 0.1) is 20.2 Å². The van der Waals surface area contributed by atoms with E-state index in [4.69, 9.17) is 4.74 Å². The van der Waals surface area contributed by atoms with Crippen LogP contribution in [0.2, 0.25) is 0 Å². The van der Waals surface area contributed by atoms with Crippen LogP contribution in [0.1, 0.15) is 44.6 Å². The fourth-order valence-corrected chi connectivity index (χ4v) is 3.03. The summed E-state index contributed by atoms with van der Waals surface area (Å²) in [6.07, 6.45) is 5.88. The monoisotopic (exact) mass is 474 g/mol. The van der Waals surface area contributed by atoms with Gasteiger partial charge >= 0.3 is 0 Å². The van der Waals surface area contributed by atoms with E-state index in [1.54, 1.807) is 7.11 Å². The summed E-state index contributed by atoms with van der Waals surface area (Å²) in [6.45, 7) is 3.46. The van der Waals surface area contributed by atoms with Crippen molar-refractivity contribution in [3.05, 3.63) is 29.8 Å². The highest BCUT2D eigenvalue weighted by Gasteiger charge is 2.15. The Labute approximate surface area is 173 Å². The summed E-state index contributed by atoms with van der Waals surface area (Å²) in [5.41, 5.74) is 1.01. The first-order valence-corrected chi connectivity index (χ1v) is 9.16. The number of nitrogens with one attached hydrogen (secondary N) is 3. The minimum atomic E-state index is 0. The largest absolute Gasteiger partial charge is 0.496 e. The Morgan fingerprint density at radius 3 is 2.62 bits per heavy atom. The molecule has 1 aliphatic rings. The smallest absolute Gasteiger partial charge is 0.239 e. The number of carbonyl (C=O) groups excluding carboxylic acids is 1. The van der Waals surface area contributed by atoms with Crippen molar-refractivity contribution in [1.82, 2.24) is 16.0 Å². The number of hydrogen-bond acceptors (Lipinski definition) is 3. The molecule has 1 aromatic rings. The molecule has 7 heteroatoms. The van der Waals surface area contributed by atoms with E-state index in [0.29, 0.717) is 18.5 Å². The van der Waals surface area contributed by atoms with Gasteiger partial charge in [0.25, 0.3) is 0 Å². The van der Waals surface area contributed by atoms with E-state index >= 15 is 0 Å². The Bertz CT molecular complexity index is 574. The summed E-state index contributed by atoms with van der Waals surface area (Å²) in [5, 5.41) is 9.38. The summed E-state index contributed by atoms with van der Waals surface area (Å²) in [6, 6.07) is 8.14. The third-order valence-corrected chi connectivity index (χ3v) is 4.33. The molecule has 1 fully saturated rings. The average molecular weight is 474 g/mol. The zero-order chi connectivity index (χ0) is 17.9. The lowest BCUT2D eigenvalue weighted by Crippen LogP contribution is -2.46. The number of amides is 1. The Morgan fingerprint density at radius 1 is 1.19 bits per heavy atom. The molecule has 0 aliphatic heterocycles. The minimum absolute atomic E-state index is 0. The molecule has 0 spiro atoms. The summed E-state index contributed by atoms with van der Waals surface area (Å²) >= 11 is 0. The molecule has 0 radical (unpaired) electrons. The number of guanidine groups is 1. The van der Waals surface area contributed by atoms with Crippen molar-refractivity contribution in [2.45, 2.75) is 51.6 Å². The predicted octanol–water partition coefficient (Wildman–Crippen LogP) is 2.82. The molecule has 3 N–H and O–H groups in total. The van der Waals surface area contributed by atoms with E-state index < -0.39 is 0 Å². The van der Waals surface area contributed by atoms with Gasteiger partial charge in [-0.15, -0.1) is 24.0 Å². The second kappa shape index (κ2) is 12.8. The quantitative estimate of drug-likeness (QED) is 0.323. The molecule has 26 heavy (non-hydrogen) atoms. The first kappa shape index (κ1) is 22.5. The highest BCUT2D eigenvalue weighted by atomic mass is 127. The van der Waals surface area contributed by atoms with E-state index in [1.807, 2.05) is 31.2 Å². The summed E-state index contributed by atoms with van der Waals surface area (Å²) in [4.78, 5) is 16.7. The molecule has 0 bridgehead atoms. The number of rotatable bonds is 7. The van der Waals surface area contributed by atoms with Crippen LogP contribution in [0.15, 0.2) is 29.3 Å². The maximum Gasteiger partial charge on any atom is 0.239 e. The van der Waals surface area contributed by atoms with E-state index in [-0.39, 0.29) is 36.4 Å². The number of halogens is 1. The Morgan fingerprint density at radius 2 is 1.92 bits per heavy atom. The fourth-order valence-electron chi connectivity index (χ4n) is 3.03. The van der Waals surface area contributed by atoms with Crippen molar-refractivity contribution in [1.29, 1.82) is 0 Å². The first-order valence-electron chi connectivity index (χ1n) is 9.16. The van der Waals surface area contributed by atoms with Crippen LogP contribution in [0.3, 0.4) is 0 Å². The van der Waals surface area contributed by atoms with E-state index in [2.05, 4.69) is 20.9 Å². The zero-order valence-electron chi connectivity index (χ0n) is 15.7. The van der Waals surface area contributed by atoms with Crippen LogP contribution in [-0.4, -0.2) is 38.1 Å². The number of nitrogens with zero attached hydrogens (tertiary/aromatic N) is 1. The molecule has 1 aromatic carbocycles. The standard InChI is InChI=1S/C19H30N4O2.HI/c1-3-20-19(21-13-15-9-7-8-12-17(15)25-2)22-14-18(24)23-16-10-5-4-6-11-16;/h7-9,12,16H,3-6,10-11,13-14H2,1-2H3,(H,23,24)(H2,20,21,22);1H. The van der Waals surface area contributed by atoms with E-state index in [0.717, 1.165) is 30.7 Å². The van der Waals surface area contributed by atoms with Crippen LogP contribution in [0, 0.1) is 0 Å². The maximum absolute atomic E-state index is 12.1. The summed E-state index contributed by atoms with van der Waals surface area (Å²) in [5.74, 6) is 1.47. The Kier molecular flexibility index (Phi) is 11.1. The van der Waals surface area contributed by atoms with Crippen molar-refractivity contribution < 1.29 is 9.53 Å². The maximum atomic E-state index is 12.1. The molecule has 6 nitrogen and oxygen atoms in total. The van der Waals surface area contributed by atoms with Crippen molar-refractivity contribution >= 4 is 35.8 Å². The normalized spacial score (nSPS) is 14.9. The molecular weight excluding hydrogens is 443 g/mol. The average Bonchev–Trinajstić information content (AvgIpc) is 2.65. The topological polar surface area (TPSA) is 74.8 Å². The molecule has 146 valence electrons. The summed E-state index contributed by atoms with van der Waals surface area (Å²) < 4.78 is 5.35. The molecule has 1 amide bonds.